The first-order valence-corrected chi connectivity index (χ1v) is 13.3. The Bertz CT molecular complexity index is 1080. The zero-order valence-corrected chi connectivity index (χ0v) is 20.4. The Morgan fingerprint density at radius 1 is 0.931 bits per heavy atom. The molecule has 2 aromatic heterocycles. The minimum atomic E-state index is -3.60. The summed E-state index contributed by atoms with van der Waals surface area (Å²) in [4.78, 5) is 8.22. The molecule has 1 aliphatic heterocycles. The summed E-state index contributed by atoms with van der Waals surface area (Å²) in [7, 11) is -7.20. The summed E-state index contributed by atoms with van der Waals surface area (Å²) in [5, 5.41) is 3.23. The van der Waals surface area contributed by atoms with Crippen LogP contribution in [0.2, 0.25) is 0 Å². The largest absolute Gasteiger partial charge is 0.307 e. The number of aromatic nitrogens is 2. The number of fused-ring (bicyclic) bond motifs is 1. The normalized spacial score (nSPS) is 13.5. The van der Waals surface area contributed by atoms with Gasteiger partial charge in [0.25, 0.3) is 20.2 Å². The molecule has 160 valence electrons. The molecule has 29 heavy (non-hydrogen) atoms. The van der Waals surface area contributed by atoms with Gasteiger partial charge in [-0.1, -0.05) is 0 Å². The van der Waals surface area contributed by atoms with Crippen LogP contribution in [0.4, 0.5) is 0 Å². The Kier molecular flexibility index (Phi) is 8.70. The van der Waals surface area contributed by atoms with E-state index in [1.54, 1.807) is 6.07 Å². The Hall–Kier alpha value is -0.960. The van der Waals surface area contributed by atoms with E-state index in [1.807, 2.05) is 6.20 Å². The predicted molar refractivity (Wildman–Crippen MR) is 114 cm³/mol. The molecule has 13 heteroatoms. The predicted octanol–water partition coefficient (Wildman–Crippen LogP) is 2.24. The second kappa shape index (κ2) is 10.4. The summed E-state index contributed by atoms with van der Waals surface area (Å²) < 4.78 is 54.6. The molecule has 0 radical (unpaired) electrons. The second-order valence-corrected chi connectivity index (χ2v) is 11.2. The lowest BCUT2D eigenvalue weighted by atomic mass is 10.2. The van der Waals surface area contributed by atoms with E-state index in [-0.39, 0.29) is 18.9 Å². The average molecular weight is 573 g/mol. The van der Waals surface area contributed by atoms with Gasteiger partial charge < -0.3 is 5.32 Å². The number of hydrogen-bond donors (Lipinski definition) is 1. The molecule has 3 heterocycles. The number of nitrogens with zero attached hydrogens (tertiary/aromatic N) is 2. The number of hydrogen-bond acceptors (Lipinski definition) is 9. The lowest BCUT2D eigenvalue weighted by Crippen LogP contribution is -2.09. The Labute approximate surface area is 186 Å². The molecule has 0 saturated carbocycles. The fourth-order valence-corrected chi connectivity index (χ4v) is 3.66. The van der Waals surface area contributed by atoms with E-state index >= 15 is 0 Å². The van der Waals surface area contributed by atoms with Crippen LogP contribution in [0.5, 0.6) is 0 Å². The topological polar surface area (TPSA) is 125 Å². The third-order valence-electron chi connectivity index (χ3n) is 3.50. The van der Waals surface area contributed by atoms with Crippen molar-refractivity contribution in [3.8, 4) is 0 Å². The smallest absolute Gasteiger partial charge is 0.264 e. The monoisotopic (exact) mass is 571 g/mol. The van der Waals surface area contributed by atoms with Gasteiger partial charge in [0.1, 0.15) is 6.61 Å². The van der Waals surface area contributed by atoms with Crippen LogP contribution in [0, 0.1) is 0 Å². The molecular weight excluding hydrogens is 554 g/mol. The van der Waals surface area contributed by atoms with Gasteiger partial charge in [-0.2, -0.15) is 16.8 Å². The molecule has 0 aliphatic carbocycles. The van der Waals surface area contributed by atoms with Gasteiger partial charge in [0.05, 0.1) is 30.5 Å². The van der Waals surface area contributed by atoms with Gasteiger partial charge in [0, 0.05) is 40.0 Å². The SMILES string of the molecule is Brc1cnc2c(c1)CNC2.CS(=O)(=O)OCc1cc(Br)cnc1COS(C)(=O)=O. The van der Waals surface area contributed by atoms with Crippen LogP contribution < -0.4 is 5.32 Å². The Morgan fingerprint density at radius 3 is 2.17 bits per heavy atom. The first-order chi connectivity index (χ1) is 13.4. The summed E-state index contributed by atoms with van der Waals surface area (Å²) in [5.41, 5.74) is 3.21. The number of rotatable bonds is 6. The zero-order chi connectivity index (χ0) is 21.7. The van der Waals surface area contributed by atoms with Gasteiger partial charge in [-0.05, 0) is 49.6 Å². The average Bonchev–Trinajstić information content (AvgIpc) is 3.06. The first kappa shape index (κ1) is 24.3. The third-order valence-corrected chi connectivity index (χ3v) is 5.46. The van der Waals surface area contributed by atoms with Crippen LogP contribution in [0.15, 0.2) is 33.5 Å². The first-order valence-electron chi connectivity index (χ1n) is 8.09. The van der Waals surface area contributed by atoms with Crippen LogP contribution in [-0.4, -0.2) is 39.3 Å². The van der Waals surface area contributed by atoms with Crippen molar-refractivity contribution in [2.75, 3.05) is 12.5 Å². The van der Waals surface area contributed by atoms with Crippen molar-refractivity contribution >= 4 is 52.1 Å². The molecule has 2 aromatic rings. The van der Waals surface area contributed by atoms with Crippen molar-refractivity contribution < 1.29 is 25.2 Å². The van der Waals surface area contributed by atoms with E-state index in [1.165, 1.54) is 17.5 Å². The van der Waals surface area contributed by atoms with E-state index in [9.17, 15) is 16.8 Å². The lowest BCUT2D eigenvalue weighted by Gasteiger charge is -2.08. The fraction of sp³-hybridized carbons (Fsp3) is 0.375. The van der Waals surface area contributed by atoms with Gasteiger partial charge in [0.15, 0.2) is 0 Å². The number of halogens is 2. The molecule has 0 spiro atoms. The minimum Gasteiger partial charge on any atom is -0.307 e. The van der Waals surface area contributed by atoms with Crippen LogP contribution >= 0.6 is 31.9 Å². The van der Waals surface area contributed by atoms with Crippen molar-refractivity contribution in [2.24, 2.45) is 0 Å². The fourth-order valence-electron chi connectivity index (χ4n) is 2.24. The molecule has 3 rings (SSSR count). The summed E-state index contributed by atoms with van der Waals surface area (Å²) >= 11 is 6.56. The zero-order valence-electron chi connectivity index (χ0n) is 15.6. The summed E-state index contributed by atoms with van der Waals surface area (Å²) in [5.74, 6) is 0. The van der Waals surface area contributed by atoms with Crippen LogP contribution in [0.1, 0.15) is 22.5 Å². The van der Waals surface area contributed by atoms with Gasteiger partial charge in [0.2, 0.25) is 0 Å². The summed E-state index contributed by atoms with van der Waals surface area (Å²) in [6.07, 6.45) is 5.13. The van der Waals surface area contributed by atoms with E-state index in [0.29, 0.717) is 10.0 Å². The van der Waals surface area contributed by atoms with E-state index in [2.05, 4.69) is 61.6 Å². The van der Waals surface area contributed by atoms with Crippen LogP contribution in [0.3, 0.4) is 0 Å². The summed E-state index contributed by atoms with van der Waals surface area (Å²) in [6.45, 7) is 1.35. The van der Waals surface area contributed by atoms with Crippen molar-refractivity contribution in [1.82, 2.24) is 15.3 Å². The minimum absolute atomic E-state index is 0.242. The van der Waals surface area contributed by atoms with E-state index < -0.39 is 20.2 Å². The Balaban J connectivity index is 0.000000248. The Morgan fingerprint density at radius 2 is 1.52 bits per heavy atom. The quantitative estimate of drug-likeness (QED) is 0.519. The molecule has 0 saturated heterocycles. The molecule has 0 bridgehead atoms. The number of nitrogens with one attached hydrogen (secondary N) is 1. The second-order valence-electron chi connectivity index (χ2n) is 6.05. The van der Waals surface area contributed by atoms with E-state index in [4.69, 9.17) is 0 Å². The molecule has 0 amide bonds. The summed E-state index contributed by atoms with van der Waals surface area (Å²) in [6, 6.07) is 3.70. The molecule has 0 aromatic carbocycles. The highest BCUT2D eigenvalue weighted by Gasteiger charge is 2.12. The van der Waals surface area contributed by atoms with Crippen LogP contribution in [0.25, 0.3) is 0 Å². The van der Waals surface area contributed by atoms with Gasteiger partial charge in [-0.3, -0.25) is 18.3 Å². The van der Waals surface area contributed by atoms with Crippen molar-refractivity contribution in [3.63, 3.8) is 0 Å². The maximum atomic E-state index is 10.9. The molecule has 1 N–H and O–H groups in total. The van der Waals surface area contributed by atoms with Crippen molar-refractivity contribution in [3.05, 3.63) is 56.0 Å². The van der Waals surface area contributed by atoms with Gasteiger partial charge in [-0.25, -0.2) is 0 Å². The molecule has 0 fully saturated rings. The maximum Gasteiger partial charge on any atom is 0.264 e. The highest BCUT2D eigenvalue weighted by molar-refractivity contribution is 9.10. The highest BCUT2D eigenvalue weighted by atomic mass is 79.9. The van der Waals surface area contributed by atoms with E-state index in [0.717, 1.165) is 30.1 Å². The molecule has 0 unspecified atom stereocenters. The molecule has 0 atom stereocenters. The van der Waals surface area contributed by atoms with Crippen molar-refractivity contribution in [1.29, 1.82) is 0 Å². The van der Waals surface area contributed by atoms with Crippen LogP contribution in [-0.2, 0) is 54.9 Å². The molecular formula is C16H19Br2N3O6S2. The maximum absolute atomic E-state index is 10.9. The number of pyridine rings is 2. The third kappa shape index (κ3) is 9.15. The lowest BCUT2D eigenvalue weighted by molar-refractivity contribution is 0.288. The van der Waals surface area contributed by atoms with Gasteiger partial charge in [-0.15, -0.1) is 0 Å². The van der Waals surface area contributed by atoms with Gasteiger partial charge >= 0.3 is 0 Å². The van der Waals surface area contributed by atoms with Crippen molar-refractivity contribution in [2.45, 2.75) is 26.3 Å². The highest BCUT2D eigenvalue weighted by Crippen LogP contribution is 2.18. The molecule has 1 aliphatic rings. The standard InChI is InChI=1S/C9H12BrNO6S2.C7H7BrN2/c1-18(12,13)16-5-7-3-8(10)4-11-9(7)6-17-19(2,14)15;8-6-1-5-2-9-4-7(5)10-3-6/h3-4H,5-6H2,1-2H3;1,3,9H,2,4H2. The molecule has 9 nitrogen and oxygen atoms in total.